The zero-order valence-electron chi connectivity index (χ0n) is 11.7. The molecular formula is C14H23N3OS. The summed E-state index contributed by atoms with van der Waals surface area (Å²) in [6.45, 7) is 0.730. The second kappa shape index (κ2) is 9.67. The van der Waals surface area contributed by atoms with Crippen molar-refractivity contribution in [1.29, 1.82) is 0 Å². The number of pyridine rings is 1. The predicted octanol–water partition coefficient (Wildman–Crippen LogP) is 2.78. The van der Waals surface area contributed by atoms with E-state index in [1.165, 1.54) is 25.0 Å². The molecule has 4 nitrogen and oxygen atoms in total. The number of nitrogens with one attached hydrogen (secondary N) is 2. The van der Waals surface area contributed by atoms with Gasteiger partial charge in [0.05, 0.1) is 11.9 Å². The van der Waals surface area contributed by atoms with Crippen LogP contribution in [0.5, 0.6) is 0 Å². The number of amides is 1. The highest BCUT2D eigenvalue weighted by atomic mass is 32.2. The second-order valence-electron chi connectivity index (χ2n) is 4.35. The summed E-state index contributed by atoms with van der Waals surface area (Å²) in [5.41, 5.74) is 1.38. The van der Waals surface area contributed by atoms with Gasteiger partial charge in [0.2, 0.25) is 0 Å². The smallest absolute Gasteiger partial charge is 0.269 e. The maximum atomic E-state index is 11.8. The normalized spacial score (nSPS) is 10.2. The van der Waals surface area contributed by atoms with E-state index in [-0.39, 0.29) is 5.91 Å². The van der Waals surface area contributed by atoms with Gasteiger partial charge in [0, 0.05) is 13.6 Å². The van der Waals surface area contributed by atoms with Gasteiger partial charge in [-0.2, -0.15) is 11.8 Å². The standard InChI is InChI=1S/C14H23N3OS/c1-15-12-7-8-13(17-11-12)14(18)16-9-5-3-4-6-10-19-2/h7-8,11,15H,3-6,9-10H2,1-2H3,(H,16,18). The van der Waals surface area contributed by atoms with E-state index in [1.807, 2.05) is 24.9 Å². The van der Waals surface area contributed by atoms with Gasteiger partial charge in [0.1, 0.15) is 5.69 Å². The van der Waals surface area contributed by atoms with Crippen LogP contribution in [0.2, 0.25) is 0 Å². The zero-order chi connectivity index (χ0) is 13.9. The van der Waals surface area contributed by atoms with Crippen LogP contribution in [0, 0.1) is 0 Å². The fourth-order valence-corrected chi connectivity index (χ4v) is 2.19. The Labute approximate surface area is 119 Å². The van der Waals surface area contributed by atoms with Crippen molar-refractivity contribution in [2.24, 2.45) is 0 Å². The van der Waals surface area contributed by atoms with Gasteiger partial charge in [-0.25, -0.2) is 4.98 Å². The number of nitrogens with zero attached hydrogens (tertiary/aromatic N) is 1. The van der Waals surface area contributed by atoms with Gasteiger partial charge in [-0.3, -0.25) is 4.79 Å². The number of aromatic nitrogens is 1. The molecular weight excluding hydrogens is 258 g/mol. The summed E-state index contributed by atoms with van der Waals surface area (Å²) >= 11 is 1.89. The Kier molecular flexibility index (Phi) is 8.05. The highest BCUT2D eigenvalue weighted by molar-refractivity contribution is 7.98. The largest absolute Gasteiger partial charge is 0.387 e. The molecule has 0 aliphatic heterocycles. The van der Waals surface area contributed by atoms with Crippen LogP contribution in [0.1, 0.15) is 36.2 Å². The van der Waals surface area contributed by atoms with Gasteiger partial charge in [-0.05, 0) is 37.0 Å². The van der Waals surface area contributed by atoms with Crippen molar-refractivity contribution in [1.82, 2.24) is 10.3 Å². The molecule has 1 heterocycles. The summed E-state index contributed by atoms with van der Waals surface area (Å²) in [5.74, 6) is 1.14. The molecule has 0 saturated carbocycles. The van der Waals surface area contributed by atoms with Crippen molar-refractivity contribution in [3.8, 4) is 0 Å². The molecule has 0 radical (unpaired) electrons. The number of anilines is 1. The lowest BCUT2D eigenvalue weighted by atomic mass is 10.2. The first-order chi connectivity index (χ1) is 9.27. The van der Waals surface area contributed by atoms with E-state index in [4.69, 9.17) is 0 Å². The minimum atomic E-state index is -0.0910. The van der Waals surface area contributed by atoms with Crippen LogP contribution < -0.4 is 10.6 Å². The summed E-state index contributed by atoms with van der Waals surface area (Å²) in [6.07, 6.45) is 8.51. The number of hydrogen-bond acceptors (Lipinski definition) is 4. The van der Waals surface area contributed by atoms with Crippen molar-refractivity contribution in [3.05, 3.63) is 24.0 Å². The lowest BCUT2D eigenvalue weighted by Gasteiger charge is -2.05. The van der Waals surface area contributed by atoms with Crippen molar-refractivity contribution in [3.63, 3.8) is 0 Å². The summed E-state index contributed by atoms with van der Waals surface area (Å²) < 4.78 is 0. The molecule has 0 aliphatic carbocycles. The molecule has 5 heteroatoms. The molecule has 1 aromatic rings. The van der Waals surface area contributed by atoms with Crippen molar-refractivity contribution in [2.75, 3.05) is 30.9 Å². The van der Waals surface area contributed by atoms with Crippen LogP contribution in [0.25, 0.3) is 0 Å². The number of rotatable bonds is 9. The molecule has 1 aromatic heterocycles. The molecule has 0 atom stereocenters. The average Bonchev–Trinajstić information content (AvgIpc) is 2.46. The highest BCUT2D eigenvalue weighted by Crippen LogP contribution is 2.06. The third-order valence-corrected chi connectivity index (χ3v) is 3.54. The number of carbonyl (C=O) groups is 1. The molecule has 0 fully saturated rings. The van der Waals surface area contributed by atoms with E-state index in [0.29, 0.717) is 5.69 Å². The van der Waals surface area contributed by atoms with Gasteiger partial charge < -0.3 is 10.6 Å². The first kappa shape index (κ1) is 15.8. The summed E-state index contributed by atoms with van der Waals surface area (Å²) in [7, 11) is 1.83. The fraction of sp³-hybridized carbons (Fsp3) is 0.571. The molecule has 0 unspecified atom stereocenters. The van der Waals surface area contributed by atoms with Crippen LogP contribution in [0.4, 0.5) is 5.69 Å². The molecule has 0 aromatic carbocycles. The first-order valence-corrected chi connectivity index (χ1v) is 8.08. The monoisotopic (exact) mass is 281 g/mol. The lowest BCUT2D eigenvalue weighted by molar-refractivity contribution is 0.0948. The number of thioether (sulfide) groups is 1. The van der Waals surface area contributed by atoms with Crippen molar-refractivity contribution < 1.29 is 4.79 Å². The second-order valence-corrected chi connectivity index (χ2v) is 5.33. The Morgan fingerprint density at radius 3 is 2.68 bits per heavy atom. The van der Waals surface area contributed by atoms with Crippen LogP contribution in [-0.4, -0.2) is 36.5 Å². The molecule has 0 saturated heterocycles. The van der Waals surface area contributed by atoms with E-state index in [1.54, 1.807) is 12.3 Å². The van der Waals surface area contributed by atoms with Crippen LogP contribution in [-0.2, 0) is 0 Å². The molecule has 0 bridgehead atoms. The first-order valence-electron chi connectivity index (χ1n) is 6.69. The maximum absolute atomic E-state index is 11.8. The topological polar surface area (TPSA) is 54.0 Å². The SMILES string of the molecule is CNc1ccc(C(=O)NCCCCCCSC)nc1. The van der Waals surface area contributed by atoms with E-state index in [0.717, 1.165) is 18.7 Å². The molecule has 19 heavy (non-hydrogen) atoms. The molecule has 1 rings (SSSR count). The van der Waals surface area contributed by atoms with E-state index < -0.39 is 0 Å². The van der Waals surface area contributed by atoms with E-state index in [2.05, 4.69) is 21.9 Å². The minimum Gasteiger partial charge on any atom is -0.387 e. The van der Waals surface area contributed by atoms with Crippen LogP contribution in [0.15, 0.2) is 18.3 Å². The quantitative estimate of drug-likeness (QED) is 0.683. The van der Waals surface area contributed by atoms with Gasteiger partial charge >= 0.3 is 0 Å². The maximum Gasteiger partial charge on any atom is 0.269 e. The van der Waals surface area contributed by atoms with Gasteiger partial charge in [-0.1, -0.05) is 12.8 Å². The molecule has 106 valence electrons. The van der Waals surface area contributed by atoms with Gasteiger partial charge in [0.15, 0.2) is 0 Å². The van der Waals surface area contributed by atoms with Gasteiger partial charge in [0.25, 0.3) is 5.91 Å². The number of carbonyl (C=O) groups excluding carboxylic acids is 1. The Hall–Kier alpha value is -1.23. The zero-order valence-corrected chi connectivity index (χ0v) is 12.6. The Morgan fingerprint density at radius 1 is 1.26 bits per heavy atom. The molecule has 0 aliphatic rings. The van der Waals surface area contributed by atoms with Crippen LogP contribution in [0.3, 0.4) is 0 Å². The van der Waals surface area contributed by atoms with E-state index in [9.17, 15) is 4.79 Å². The lowest BCUT2D eigenvalue weighted by Crippen LogP contribution is -2.25. The highest BCUT2D eigenvalue weighted by Gasteiger charge is 2.05. The fourth-order valence-electron chi connectivity index (χ4n) is 1.69. The minimum absolute atomic E-state index is 0.0910. The molecule has 0 spiro atoms. The van der Waals surface area contributed by atoms with Crippen molar-refractivity contribution >= 4 is 23.4 Å². The van der Waals surface area contributed by atoms with Crippen LogP contribution >= 0.6 is 11.8 Å². The molecule has 2 N–H and O–H groups in total. The van der Waals surface area contributed by atoms with Crippen molar-refractivity contribution in [2.45, 2.75) is 25.7 Å². The third-order valence-electron chi connectivity index (χ3n) is 2.85. The van der Waals surface area contributed by atoms with E-state index >= 15 is 0 Å². The third kappa shape index (κ3) is 6.47. The summed E-state index contributed by atoms with van der Waals surface area (Å²) in [4.78, 5) is 15.9. The molecule has 1 amide bonds. The van der Waals surface area contributed by atoms with Gasteiger partial charge in [-0.15, -0.1) is 0 Å². The summed E-state index contributed by atoms with van der Waals surface area (Å²) in [5, 5.41) is 5.87. The number of hydrogen-bond donors (Lipinski definition) is 2. The average molecular weight is 281 g/mol. The predicted molar refractivity (Wildman–Crippen MR) is 83.0 cm³/mol. The number of unbranched alkanes of at least 4 members (excludes halogenated alkanes) is 3. The Balaban J connectivity index is 2.16. The Bertz CT molecular complexity index is 367. The summed E-state index contributed by atoms with van der Waals surface area (Å²) in [6, 6.07) is 3.59. The Morgan fingerprint density at radius 2 is 2.05 bits per heavy atom.